The lowest BCUT2D eigenvalue weighted by atomic mass is 10.1. The van der Waals surface area contributed by atoms with Crippen LogP contribution in [0.25, 0.3) is 0 Å². The summed E-state index contributed by atoms with van der Waals surface area (Å²) < 4.78 is 22.5. The molecule has 0 unspecified atom stereocenters. The zero-order chi connectivity index (χ0) is 12.4. The summed E-state index contributed by atoms with van der Waals surface area (Å²) in [6, 6.07) is 7.99. The third kappa shape index (κ3) is 2.51. The van der Waals surface area contributed by atoms with Crippen LogP contribution in [0.3, 0.4) is 0 Å². The Kier molecular flexibility index (Phi) is 3.24. The van der Waals surface area contributed by atoms with E-state index in [9.17, 15) is 0 Å². The van der Waals surface area contributed by atoms with E-state index in [0.717, 1.165) is 25.6 Å². The molecule has 0 saturated carbocycles. The van der Waals surface area contributed by atoms with Gasteiger partial charge in [0.1, 0.15) is 5.75 Å². The minimum absolute atomic E-state index is 0.393. The quantitative estimate of drug-likeness (QED) is 0.820. The summed E-state index contributed by atoms with van der Waals surface area (Å²) >= 11 is 0. The minimum Gasteiger partial charge on any atom is -0.493 e. The highest BCUT2D eigenvalue weighted by Gasteiger charge is 2.44. The predicted molar refractivity (Wildman–Crippen MR) is 65.4 cm³/mol. The summed E-state index contributed by atoms with van der Waals surface area (Å²) in [5.41, 5.74) is 1.19. The molecule has 3 fully saturated rings. The topological polar surface area (TPSA) is 36.9 Å². The molecule has 4 rings (SSSR count). The predicted octanol–water partition coefficient (Wildman–Crippen LogP) is 2.11. The molecule has 1 aromatic rings. The van der Waals surface area contributed by atoms with Gasteiger partial charge in [-0.05, 0) is 24.6 Å². The maximum atomic E-state index is 5.69. The molecule has 4 nitrogen and oxygen atoms in total. The Bertz CT molecular complexity index is 396. The van der Waals surface area contributed by atoms with E-state index in [1.54, 1.807) is 0 Å². The molecule has 0 N–H and O–H groups in total. The van der Waals surface area contributed by atoms with Gasteiger partial charge in [-0.1, -0.05) is 12.1 Å². The fourth-order valence-electron chi connectivity index (χ4n) is 2.22. The third-order valence-electron chi connectivity index (χ3n) is 3.28. The van der Waals surface area contributed by atoms with Gasteiger partial charge in [-0.3, -0.25) is 0 Å². The van der Waals surface area contributed by atoms with Gasteiger partial charge in [-0.2, -0.15) is 0 Å². The Morgan fingerprint density at radius 2 is 1.94 bits per heavy atom. The molecule has 0 radical (unpaired) electrons. The van der Waals surface area contributed by atoms with Gasteiger partial charge < -0.3 is 18.9 Å². The molecule has 1 aromatic carbocycles. The molecule has 18 heavy (non-hydrogen) atoms. The number of hydrogen-bond donors (Lipinski definition) is 0. The van der Waals surface area contributed by atoms with Crippen LogP contribution in [0.5, 0.6) is 5.75 Å². The molecule has 3 heterocycles. The zero-order valence-corrected chi connectivity index (χ0v) is 10.6. The Hall–Kier alpha value is -1.10. The van der Waals surface area contributed by atoms with E-state index in [4.69, 9.17) is 18.9 Å². The second-order valence-electron chi connectivity index (χ2n) is 4.90. The first-order chi connectivity index (χ1) is 8.76. The van der Waals surface area contributed by atoms with Crippen LogP contribution in [-0.2, 0) is 14.2 Å². The molecular formula is C14H18O4. The van der Waals surface area contributed by atoms with Crippen LogP contribution in [0.1, 0.15) is 12.0 Å². The second kappa shape index (κ2) is 4.88. The average Bonchev–Trinajstić information content (AvgIpc) is 2.41. The van der Waals surface area contributed by atoms with Crippen LogP contribution in [0.2, 0.25) is 0 Å². The maximum absolute atomic E-state index is 5.69. The smallest absolute Gasteiger partial charge is 0.286 e. The van der Waals surface area contributed by atoms with E-state index >= 15 is 0 Å². The number of ether oxygens (including phenoxy) is 4. The molecule has 3 aliphatic heterocycles. The number of aryl methyl sites for hydroxylation is 1. The number of benzene rings is 1. The van der Waals surface area contributed by atoms with Crippen molar-refractivity contribution in [2.24, 2.45) is 5.92 Å². The fraction of sp³-hybridized carbons (Fsp3) is 0.571. The Balaban J connectivity index is 1.52. The highest BCUT2D eigenvalue weighted by Crippen LogP contribution is 2.32. The number of rotatable bonds is 4. The van der Waals surface area contributed by atoms with Crippen LogP contribution in [-0.4, -0.2) is 32.4 Å². The molecule has 0 aromatic heterocycles. The second-order valence-corrected chi connectivity index (χ2v) is 4.90. The molecular weight excluding hydrogens is 232 g/mol. The standard InChI is InChI=1S/C14H18O4/c1-11-3-2-4-13(7-11)15-6-5-14-16-8-12(9-17-14)10-18-14/h2-4,7,12H,5-6,8-10H2,1H3. The van der Waals surface area contributed by atoms with Crippen LogP contribution in [0.4, 0.5) is 0 Å². The molecule has 98 valence electrons. The Labute approximate surface area is 107 Å². The number of hydrogen-bond acceptors (Lipinski definition) is 4. The van der Waals surface area contributed by atoms with Gasteiger partial charge in [-0.15, -0.1) is 0 Å². The van der Waals surface area contributed by atoms with Crippen molar-refractivity contribution in [3.8, 4) is 5.75 Å². The average molecular weight is 250 g/mol. The van der Waals surface area contributed by atoms with Gasteiger partial charge in [-0.25, -0.2) is 0 Å². The third-order valence-corrected chi connectivity index (χ3v) is 3.28. The van der Waals surface area contributed by atoms with Crippen molar-refractivity contribution >= 4 is 0 Å². The van der Waals surface area contributed by atoms with Gasteiger partial charge in [0.25, 0.3) is 5.97 Å². The SMILES string of the molecule is Cc1cccc(OCCC23OCC(CO2)CO3)c1. The van der Waals surface area contributed by atoms with Gasteiger partial charge in [0.05, 0.1) is 32.8 Å². The summed E-state index contributed by atoms with van der Waals surface area (Å²) in [6.45, 7) is 4.75. The lowest BCUT2D eigenvalue weighted by Gasteiger charge is -2.45. The minimum atomic E-state index is -0.863. The van der Waals surface area contributed by atoms with E-state index < -0.39 is 5.97 Å². The van der Waals surface area contributed by atoms with Crippen molar-refractivity contribution in [2.45, 2.75) is 19.3 Å². The van der Waals surface area contributed by atoms with E-state index in [1.165, 1.54) is 5.56 Å². The highest BCUT2D eigenvalue weighted by molar-refractivity contribution is 5.27. The summed E-state index contributed by atoms with van der Waals surface area (Å²) in [5.74, 6) is 0.402. The summed E-state index contributed by atoms with van der Waals surface area (Å²) in [4.78, 5) is 0. The summed E-state index contributed by atoms with van der Waals surface area (Å²) in [5, 5.41) is 0. The Morgan fingerprint density at radius 3 is 2.61 bits per heavy atom. The Morgan fingerprint density at radius 1 is 1.22 bits per heavy atom. The summed E-state index contributed by atoms with van der Waals surface area (Å²) in [7, 11) is 0. The molecule has 4 heteroatoms. The molecule has 0 atom stereocenters. The monoisotopic (exact) mass is 250 g/mol. The highest BCUT2D eigenvalue weighted by atomic mass is 16.9. The van der Waals surface area contributed by atoms with Gasteiger partial charge in [0, 0.05) is 5.92 Å². The molecule has 3 aliphatic rings. The van der Waals surface area contributed by atoms with E-state index in [0.29, 0.717) is 18.9 Å². The molecule has 2 bridgehead atoms. The maximum Gasteiger partial charge on any atom is 0.286 e. The van der Waals surface area contributed by atoms with Crippen molar-refractivity contribution < 1.29 is 18.9 Å². The first-order valence-corrected chi connectivity index (χ1v) is 6.37. The van der Waals surface area contributed by atoms with Gasteiger partial charge in [0.2, 0.25) is 0 Å². The van der Waals surface area contributed by atoms with Crippen molar-refractivity contribution in [1.82, 2.24) is 0 Å². The molecule has 0 aliphatic carbocycles. The van der Waals surface area contributed by atoms with Crippen LogP contribution >= 0.6 is 0 Å². The normalized spacial score (nSPS) is 30.4. The largest absolute Gasteiger partial charge is 0.493 e. The van der Waals surface area contributed by atoms with E-state index in [2.05, 4.69) is 0 Å². The van der Waals surface area contributed by atoms with Crippen molar-refractivity contribution in [3.63, 3.8) is 0 Å². The van der Waals surface area contributed by atoms with Crippen molar-refractivity contribution in [2.75, 3.05) is 26.4 Å². The van der Waals surface area contributed by atoms with Crippen molar-refractivity contribution in [3.05, 3.63) is 29.8 Å². The van der Waals surface area contributed by atoms with Gasteiger partial charge >= 0.3 is 0 Å². The van der Waals surface area contributed by atoms with Crippen LogP contribution < -0.4 is 4.74 Å². The molecule has 0 spiro atoms. The van der Waals surface area contributed by atoms with E-state index in [-0.39, 0.29) is 0 Å². The molecule has 3 saturated heterocycles. The lowest BCUT2D eigenvalue weighted by molar-refractivity contribution is -0.450. The molecule has 0 amide bonds. The summed E-state index contributed by atoms with van der Waals surface area (Å²) in [6.07, 6.45) is 0.591. The van der Waals surface area contributed by atoms with Crippen molar-refractivity contribution in [1.29, 1.82) is 0 Å². The van der Waals surface area contributed by atoms with Crippen LogP contribution in [0, 0.1) is 12.8 Å². The fourth-order valence-corrected chi connectivity index (χ4v) is 2.22. The van der Waals surface area contributed by atoms with Gasteiger partial charge in [0.15, 0.2) is 0 Å². The number of fused-ring (bicyclic) bond motifs is 3. The zero-order valence-electron chi connectivity index (χ0n) is 10.6. The van der Waals surface area contributed by atoms with Crippen LogP contribution in [0.15, 0.2) is 24.3 Å². The van der Waals surface area contributed by atoms with E-state index in [1.807, 2.05) is 31.2 Å². The first kappa shape index (κ1) is 12.0. The first-order valence-electron chi connectivity index (χ1n) is 6.37. The lowest BCUT2D eigenvalue weighted by Crippen LogP contribution is -2.54.